The molecule has 2 rings (SSSR count). The van der Waals surface area contributed by atoms with Gasteiger partial charge in [0.05, 0.1) is 0 Å². The van der Waals surface area contributed by atoms with Crippen LogP contribution in [0.4, 0.5) is 4.79 Å². The summed E-state index contributed by atoms with van der Waals surface area (Å²) in [4.78, 5) is 31.8. The first-order chi connectivity index (χ1) is 9.99. The third-order valence-corrected chi connectivity index (χ3v) is 4.97. The average Bonchev–Trinajstić information content (AvgIpc) is 2.78. The van der Waals surface area contributed by atoms with E-state index in [1.165, 1.54) is 17.7 Å². The molecular formula is C14H23BrN4O2. The molecule has 1 N–H and O–H groups in total. The fourth-order valence-electron chi connectivity index (χ4n) is 2.88. The topological polar surface area (TPSA) is 65.0 Å². The van der Waals surface area contributed by atoms with Gasteiger partial charge in [-0.15, -0.1) is 0 Å². The van der Waals surface area contributed by atoms with E-state index in [1.54, 1.807) is 7.05 Å². The van der Waals surface area contributed by atoms with Crippen LogP contribution in [0.15, 0.2) is 4.99 Å². The zero-order valence-corrected chi connectivity index (χ0v) is 14.4. The highest BCUT2D eigenvalue weighted by atomic mass is 79.9. The van der Waals surface area contributed by atoms with Crippen LogP contribution in [0.3, 0.4) is 0 Å². The Kier molecular flexibility index (Phi) is 5.24. The van der Waals surface area contributed by atoms with Gasteiger partial charge in [0.2, 0.25) is 0 Å². The molecule has 0 radical (unpaired) electrons. The van der Waals surface area contributed by atoms with Crippen molar-refractivity contribution in [1.29, 1.82) is 0 Å². The van der Waals surface area contributed by atoms with Crippen LogP contribution in [-0.4, -0.2) is 52.3 Å². The lowest BCUT2D eigenvalue weighted by Gasteiger charge is -2.37. The lowest BCUT2D eigenvalue weighted by atomic mass is 9.98. The minimum absolute atomic E-state index is 0.258. The number of halogens is 1. The van der Waals surface area contributed by atoms with Gasteiger partial charge in [-0.3, -0.25) is 10.1 Å². The number of unbranched alkanes of at least 4 members (excludes halogenated alkanes) is 1. The number of hydrogen-bond donors (Lipinski definition) is 1. The number of aliphatic imine (C=N–C) groups is 1. The van der Waals surface area contributed by atoms with Crippen LogP contribution in [0.25, 0.3) is 0 Å². The Balaban J connectivity index is 2.11. The second-order valence-electron chi connectivity index (χ2n) is 5.73. The summed E-state index contributed by atoms with van der Waals surface area (Å²) in [6.45, 7) is 5.15. The molecule has 3 atom stereocenters. The summed E-state index contributed by atoms with van der Waals surface area (Å²) >= 11 is 3.45. The van der Waals surface area contributed by atoms with Gasteiger partial charge in [0, 0.05) is 13.6 Å². The van der Waals surface area contributed by atoms with Crippen molar-refractivity contribution in [1.82, 2.24) is 15.1 Å². The van der Waals surface area contributed by atoms with Crippen molar-refractivity contribution in [2.45, 2.75) is 51.7 Å². The minimum Gasteiger partial charge on any atom is -0.335 e. The van der Waals surface area contributed by atoms with Gasteiger partial charge in [-0.25, -0.2) is 9.79 Å². The predicted molar refractivity (Wildman–Crippen MR) is 85.3 cm³/mol. The summed E-state index contributed by atoms with van der Waals surface area (Å²) in [6, 6.07) is -0.803. The van der Waals surface area contributed by atoms with Crippen molar-refractivity contribution in [3.63, 3.8) is 0 Å². The maximum atomic E-state index is 12.2. The average molecular weight is 359 g/mol. The first-order valence-electron chi connectivity index (χ1n) is 7.57. The lowest BCUT2D eigenvalue weighted by molar-refractivity contribution is -0.127. The van der Waals surface area contributed by atoms with E-state index in [-0.39, 0.29) is 11.9 Å². The van der Waals surface area contributed by atoms with E-state index in [4.69, 9.17) is 0 Å². The number of imide groups is 1. The smallest absolute Gasteiger partial charge is 0.325 e. The number of carbonyl (C=O) groups is 2. The van der Waals surface area contributed by atoms with E-state index in [2.05, 4.69) is 40.1 Å². The number of urea groups is 1. The molecular weight excluding hydrogens is 336 g/mol. The van der Waals surface area contributed by atoms with Gasteiger partial charge in [-0.2, -0.15) is 0 Å². The molecule has 0 aromatic carbocycles. The van der Waals surface area contributed by atoms with Crippen molar-refractivity contribution >= 4 is 32.6 Å². The fraction of sp³-hybridized carbons (Fsp3) is 0.786. The minimum atomic E-state index is -0.427. The highest BCUT2D eigenvalue weighted by molar-refractivity contribution is 9.18. The molecule has 7 heteroatoms. The Morgan fingerprint density at radius 2 is 2.10 bits per heavy atom. The first-order valence-corrected chi connectivity index (χ1v) is 8.36. The van der Waals surface area contributed by atoms with Crippen LogP contribution in [0.5, 0.6) is 0 Å². The van der Waals surface area contributed by atoms with Crippen LogP contribution >= 0.6 is 15.9 Å². The number of amidine groups is 1. The Labute approximate surface area is 134 Å². The van der Waals surface area contributed by atoms with Crippen molar-refractivity contribution in [2.75, 3.05) is 13.6 Å². The molecule has 0 aromatic rings. The molecule has 1 saturated heterocycles. The largest absolute Gasteiger partial charge is 0.335 e. The number of fused-ring (bicyclic) bond motifs is 1. The van der Waals surface area contributed by atoms with E-state index in [0.29, 0.717) is 10.7 Å². The van der Waals surface area contributed by atoms with Gasteiger partial charge >= 0.3 is 6.03 Å². The number of hydrogen-bond acceptors (Lipinski definition) is 4. The summed E-state index contributed by atoms with van der Waals surface area (Å²) in [7, 11) is 1.67. The molecule has 21 heavy (non-hydrogen) atoms. The third-order valence-electron chi connectivity index (χ3n) is 4.31. The maximum Gasteiger partial charge on any atom is 0.325 e. The second kappa shape index (κ2) is 6.77. The highest BCUT2D eigenvalue weighted by Crippen LogP contribution is 2.28. The molecule has 0 aromatic heterocycles. The number of likely N-dealkylation sites (N-methyl/N-ethyl adjacent to an activating group) is 1. The summed E-state index contributed by atoms with van der Waals surface area (Å²) in [6.07, 6.45) is 4.17. The number of nitrogens with zero attached hydrogens (tertiary/aromatic N) is 3. The first kappa shape index (κ1) is 16.3. The molecule has 0 aliphatic carbocycles. The highest BCUT2D eigenvalue weighted by Gasteiger charge is 2.48. The van der Waals surface area contributed by atoms with E-state index in [0.717, 1.165) is 19.4 Å². The molecule has 1 fully saturated rings. The van der Waals surface area contributed by atoms with Crippen LogP contribution in [0, 0.1) is 5.92 Å². The number of rotatable bonds is 6. The van der Waals surface area contributed by atoms with Crippen molar-refractivity contribution in [3.8, 4) is 0 Å². The van der Waals surface area contributed by atoms with Gasteiger partial charge in [-0.05, 0) is 28.3 Å². The molecule has 3 amide bonds. The molecule has 3 unspecified atom stereocenters. The SMILES string of the molecule is CCCCC(CC)CN1C(Br)=NC2C1C(=O)NC(=O)N2C. The summed E-state index contributed by atoms with van der Waals surface area (Å²) in [5.41, 5.74) is 0. The maximum absolute atomic E-state index is 12.2. The van der Waals surface area contributed by atoms with E-state index in [9.17, 15) is 9.59 Å². The van der Waals surface area contributed by atoms with Gasteiger partial charge in [0.25, 0.3) is 5.91 Å². The van der Waals surface area contributed by atoms with Crippen molar-refractivity contribution < 1.29 is 9.59 Å². The Bertz CT molecular complexity index is 454. The molecule has 6 nitrogen and oxygen atoms in total. The number of carbonyl (C=O) groups excluding carboxylic acids is 2. The normalized spacial score (nSPS) is 26.6. The Morgan fingerprint density at radius 3 is 2.71 bits per heavy atom. The zero-order valence-electron chi connectivity index (χ0n) is 12.8. The van der Waals surface area contributed by atoms with Gasteiger partial charge in [0.1, 0.15) is 0 Å². The van der Waals surface area contributed by atoms with E-state index in [1.807, 2.05) is 4.90 Å². The summed E-state index contributed by atoms with van der Waals surface area (Å²) in [5, 5.41) is 2.40. The third kappa shape index (κ3) is 3.22. The molecule has 118 valence electrons. The lowest BCUT2D eigenvalue weighted by Crippen LogP contribution is -2.63. The fourth-order valence-corrected chi connectivity index (χ4v) is 3.45. The zero-order chi connectivity index (χ0) is 15.6. The molecule has 2 aliphatic heterocycles. The van der Waals surface area contributed by atoms with E-state index < -0.39 is 12.2 Å². The van der Waals surface area contributed by atoms with Crippen LogP contribution < -0.4 is 5.32 Å². The number of amides is 3. The molecule has 2 heterocycles. The second-order valence-corrected chi connectivity index (χ2v) is 6.44. The molecule has 0 bridgehead atoms. The van der Waals surface area contributed by atoms with E-state index >= 15 is 0 Å². The number of nitrogens with one attached hydrogen (secondary N) is 1. The van der Waals surface area contributed by atoms with Crippen LogP contribution in [0.2, 0.25) is 0 Å². The van der Waals surface area contributed by atoms with Crippen molar-refractivity contribution in [2.24, 2.45) is 10.9 Å². The van der Waals surface area contributed by atoms with Gasteiger partial charge < -0.3 is 9.80 Å². The standard InChI is InChI=1S/C14H23BrN4O2/c1-4-6-7-9(5-2)8-19-10-11(16-13(19)15)18(3)14(21)17-12(10)20/h9-11H,4-8H2,1-3H3,(H,17,20,21). The molecule has 2 aliphatic rings. The quantitative estimate of drug-likeness (QED) is 0.739. The van der Waals surface area contributed by atoms with Crippen molar-refractivity contribution in [3.05, 3.63) is 0 Å². The summed E-state index contributed by atoms with van der Waals surface area (Å²) < 4.78 is 0.671. The Morgan fingerprint density at radius 1 is 1.38 bits per heavy atom. The molecule has 0 saturated carbocycles. The van der Waals surface area contributed by atoms with Gasteiger partial charge in [0.15, 0.2) is 17.0 Å². The van der Waals surface area contributed by atoms with Crippen LogP contribution in [-0.2, 0) is 4.79 Å². The predicted octanol–water partition coefficient (Wildman–Crippen LogP) is 2.15. The monoisotopic (exact) mass is 358 g/mol. The Hall–Kier alpha value is -1.11. The van der Waals surface area contributed by atoms with Crippen LogP contribution in [0.1, 0.15) is 39.5 Å². The molecule has 0 spiro atoms. The summed E-state index contributed by atoms with van der Waals surface area (Å²) in [5.74, 6) is 0.272. The van der Waals surface area contributed by atoms with Gasteiger partial charge in [-0.1, -0.05) is 33.1 Å².